The normalized spacial score (nSPS) is 14.6. The molecule has 0 saturated heterocycles. The van der Waals surface area contributed by atoms with E-state index in [0.29, 0.717) is 0 Å². The van der Waals surface area contributed by atoms with Crippen molar-refractivity contribution in [3.63, 3.8) is 0 Å². The Labute approximate surface area is 173 Å². The SMILES string of the molecule is C=C(N=C(CC)c1cccc2c1Oc1c(C)cccc1C2(C)C)c1ccccc1. The lowest BCUT2D eigenvalue weighted by Gasteiger charge is -2.36. The number of hydrogen-bond donors (Lipinski definition) is 0. The molecule has 29 heavy (non-hydrogen) atoms. The summed E-state index contributed by atoms with van der Waals surface area (Å²) in [4.78, 5) is 4.91. The molecule has 0 aromatic heterocycles. The van der Waals surface area contributed by atoms with Gasteiger partial charge >= 0.3 is 0 Å². The molecular formula is C27H27NO. The highest BCUT2D eigenvalue weighted by atomic mass is 16.5. The number of fused-ring (bicyclic) bond motifs is 2. The van der Waals surface area contributed by atoms with Crippen molar-refractivity contribution in [1.82, 2.24) is 0 Å². The molecule has 0 aliphatic carbocycles. The Hall–Kier alpha value is -3.13. The minimum Gasteiger partial charge on any atom is -0.456 e. The van der Waals surface area contributed by atoms with E-state index in [0.717, 1.165) is 46.0 Å². The molecule has 0 atom stereocenters. The van der Waals surface area contributed by atoms with Crippen molar-refractivity contribution in [3.05, 3.63) is 101 Å². The summed E-state index contributed by atoms with van der Waals surface area (Å²) in [5.74, 6) is 1.88. The Morgan fingerprint density at radius 2 is 1.55 bits per heavy atom. The number of hydrogen-bond acceptors (Lipinski definition) is 2. The largest absolute Gasteiger partial charge is 0.456 e. The molecule has 1 aliphatic heterocycles. The van der Waals surface area contributed by atoms with Crippen molar-refractivity contribution in [2.24, 2.45) is 4.99 Å². The topological polar surface area (TPSA) is 21.6 Å². The van der Waals surface area contributed by atoms with Gasteiger partial charge in [-0.05, 0) is 30.5 Å². The molecular weight excluding hydrogens is 354 g/mol. The van der Waals surface area contributed by atoms with Crippen molar-refractivity contribution in [2.45, 2.75) is 39.5 Å². The lowest BCUT2D eigenvalue weighted by molar-refractivity contribution is 0.414. The molecule has 146 valence electrons. The van der Waals surface area contributed by atoms with Crippen molar-refractivity contribution in [2.75, 3.05) is 0 Å². The fourth-order valence-electron chi connectivity index (χ4n) is 4.08. The maximum atomic E-state index is 6.53. The molecule has 2 heteroatoms. The molecule has 0 unspecified atom stereocenters. The third-order valence-corrected chi connectivity index (χ3v) is 5.80. The zero-order chi connectivity index (χ0) is 20.6. The molecule has 0 saturated carbocycles. The van der Waals surface area contributed by atoms with Gasteiger partial charge in [-0.15, -0.1) is 0 Å². The Balaban J connectivity index is 1.85. The Kier molecular flexibility index (Phi) is 4.87. The third-order valence-electron chi connectivity index (χ3n) is 5.80. The fraction of sp³-hybridized carbons (Fsp3) is 0.222. The van der Waals surface area contributed by atoms with E-state index in [1.54, 1.807) is 0 Å². The summed E-state index contributed by atoms with van der Waals surface area (Å²) in [6.45, 7) is 13.0. The van der Waals surface area contributed by atoms with Gasteiger partial charge in [0.05, 0.1) is 11.4 Å². The second-order valence-corrected chi connectivity index (χ2v) is 8.09. The van der Waals surface area contributed by atoms with Gasteiger partial charge in [-0.1, -0.05) is 88.0 Å². The first-order valence-corrected chi connectivity index (χ1v) is 10.2. The van der Waals surface area contributed by atoms with Crippen molar-refractivity contribution in [1.29, 1.82) is 0 Å². The molecule has 0 fully saturated rings. The molecule has 0 amide bonds. The number of para-hydroxylation sites is 2. The summed E-state index contributed by atoms with van der Waals surface area (Å²) in [6, 6.07) is 22.9. The van der Waals surface area contributed by atoms with Crippen LogP contribution in [0.3, 0.4) is 0 Å². The molecule has 2 nitrogen and oxygen atoms in total. The van der Waals surface area contributed by atoms with Gasteiger partial charge in [0.1, 0.15) is 11.5 Å². The molecule has 1 heterocycles. The van der Waals surface area contributed by atoms with Crippen molar-refractivity contribution < 1.29 is 4.74 Å². The number of rotatable bonds is 4. The average molecular weight is 382 g/mol. The van der Waals surface area contributed by atoms with E-state index in [4.69, 9.17) is 9.73 Å². The highest BCUT2D eigenvalue weighted by Crippen LogP contribution is 2.50. The minimum atomic E-state index is -0.139. The lowest BCUT2D eigenvalue weighted by Crippen LogP contribution is -2.26. The number of aryl methyl sites for hydroxylation is 1. The van der Waals surface area contributed by atoms with Crippen molar-refractivity contribution >= 4 is 11.4 Å². The molecule has 0 spiro atoms. The van der Waals surface area contributed by atoms with Gasteiger partial charge in [-0.25, -0.2) is 0 Å². The van der Waals surface area contributed by atoms with Crippen LogP contribution in [0.4, 0.5) is 0 Å². The van der Waals surface area contributed by atoms with Crippen LogP contribution in [0.25, 0.3) is 5.70 Å². The van der Waals surface area contributed by atoms with E-state index < -0.39 is 0 Å². The summed E-state index contributed by atoms with van der Waals surface area (Å²) >= 11 is 0. The van der Waals surface area contributed by atoms with Gasteiger partial charge in [0, 0.05) is 22.1 Å². The molecule has 0 bridgehead atoms. The van der Waals surface area contributed by atoms with Gasteiger partial charge in [0.15, 0.2) is 0 Å². The van der Waals surface area contributed by atoms with E-state index in [1.807, 2.05) is 30.3 Å². The number of ether oxygens (including phenoxy) is 1. The predicted octanol–water partition coefficient (Wildman–Crippen LogP) is 7.30. The Morgan fingerprint density at radius 3 is 2.24 bits per heavy atom. The zero-order valence-corrected chi connectivity index (χ0v) is 17.6. The summed E-state index contributed by atoms with van der Waals surface area (Å²) in [6.07, 6.45) is 0.798. The standard InChI is InChI=1S/C27H27NO/c1-6-24(28-19(3)20-13-8-7-9-14-20)21-15-11-17-23-26(21)29-25-18(2)12-10-16-22(25)27(23,4)5/h7-17H,3,6H2,1-2,4-5H3. The monoisotopic (exact) mass is 381 g/mol. The van der Waals surface area contributed by atoms with Crippen LogP contribution in [0, 0.1) is 6.92 Å². The molecule has 3 aromatic rings. The van der Waals surface area contributed by atoms with Gasteiger partial charge in [-0.3, -0.25) is 4.99 Å². The maximum absolute atomic E-state index is 6.53. The van der Waals surface area contributed by atoms with E-state index in [-0.39, 0.29) is 5.41 Å². The predicted molar refractivity (Wildman–Crippen MR) is 122 cm³/mol. The van der Waals surface area contributed by atoms with Crippen LogP contribution in [-0.2, 0) is 5.41 Å². The van der Waals surface area contributed by atoms with Gasteiger partial charge < -0.3 is 4.74 Å². The number of benzene rings is 3. The summed E-state index contributed by atoms with van der Waals surface area (Å²) in [5.41, 5.74) is 7.27. The Bertz CT molecular complexity index is 1110. The molecule has 4 rings (SSSR count). The first kappa shape index (κ1) is 19.2. The van der Waals surface area contributed by atoms with Crippen LogP contribution < -0.4 is 4.74 Å². The molecule has 0 radical (unpaired) electrons. The van der Waals surface area contributed by atoms with Crippen molar-refractivity contribution in [3.8, 4) is 11.5 Å². The fourth-order valence-corrected chi connectivity index (χ4v) is 4.08. The lowest BCUT2D eigenvalue weighted by atomic mass is 9.74. The van der Waals surface area contributed by atoms with E-state index in [2.05, 4.69) is 70.7 Å². The minimum absolute atomic E-state index is 0.139. The first-order valence-electron chi connectivity index (χ1n) is 10.2. The maximum Gasteiger partial charge on any atom is 0.140 e. The highest BCUT2D eigenvalue weighted by molar-refractivity contribution is 6.05. The van der Waals surface area contributed by atoms with Crippen LogP contribution in [-0.4, -0.2) is 5.71 Å². The van der Waals surface area contributed by atoms with Gasteiger partial charge in [0.2, 0.25) is 0 Å². The van der Waals surface area contributed by atoms with Gasteiger partial charge in [0.25, 0.3) is 0 Å². The first-order chi connectivity index (χ1) is 13.9. The second kappa shape index (κ2) is 7.36. The number of aliphatic imine (C=N–C) groups is 1. The zero-order valence-electron chi connectivity index (χ0n) is 17.6. The third kappa shape index (κ3) is 3.29. The Morgan fingerprint density at radius 1 is 0.897 bits per heavy atom. The van der Waals surface area contributed by atoms with Crippen LogP contribution >= 0.6 is 0 Å². The smallest absolute Gasteiger partial charge is 0.140 e. The quantitative estimate of drug-likeness (QED) is 0.435. The molecule has 0 N–H and O–H groups in total. The second-order valence-electron chi connectivity index (χ2n) is 8.09. The van der Waals surface area contributed by atoms with Crippen LogP contribution in [0.1, 0.15) is 55.0 Å². The summed E-state index contributed by atoms with van der Waals surface area (Å²) in [7, 11) is 0. The van der Waals surface area contributed by atoms with Gasteiger partial charge in [-0.2, -0.15) is 0 Å². The van der Waals surface area contributed by atoms with Crippen LogP contribution in [0.15, 0.2) is 78.3 Å². The molecule has 3 aromatic carbocycles. The molecule has 1 aliphatic rings. The van der Waals surface area contributed by atoms with E-state index in [9.17, 15) is 0 Å². The number of nitrogens with zero attached hydrogens (tertiary/aromatic N) is 1. The summed E-state index contributed by atoms with van der Waals surface area (Å²) in [5, 5.41) is 0. The van der Waals surface area contributed by atoms with Crippen LogP contribution in [0.2, 0.25) is 0 Å². The van der Waals surface area contributed by atoms with Crippen LogP contribution in [0.5, 0.6) is 11.5 Å². The highest BCUT2D eigenvalue weighted by Gasteiger charge is 2.36. The van der Waals surface area contributed by atoms with E-state index >= 15 is 0 Å². The summed E-state index contributed by atoms with van der Waals surface area (Å²) < 4.78 is 6.53. The van der Waals surface area contributed by atoms with E-state index in [1.165, 1.54) is 11.1 Å². The average Bonchev–Trinajstić information content (AvgIpc) is 2.73.